The van der Waals surface area contributed by atoms with E-state index in [-0.39, 0.29) is 0 Å². The molecule has 1 nitrogen and oxygen atoms in total. The number of nitrogens with zero attached hydrogens (tertiary/aromatic N) is 1. The summed E-state index contributed by atoms with van der Waals surface area (Å²) in [5, 5.41) is 0.840. The number of rotatable bonds is 2. The molecule has 2 aromatic rings. The first-order chi connectivity index (χ1) is 9.22. The molecule has 0 saturated heterocycles. The third-order valence-corrected chi connectivity index (χ3v) is 3.93. The first-order valence-electron chi connectivity index (χ1n) is 6.79. The fourth-order valence-corrected chi connectivity index (χ4v) is 3.09. The molecule has 19 heavy (non-hydrogen) atoms. The lowest BCUT2D eigenvalue weighted by atomic mass is 9.93. The number of anilines is 1. The number of halogens is 1. The summed E-state index contributed by atoms with van der Waals surface area (Å²) >= 11 is 6.11. The number of hydrogen-bond donors (Lipinski definition) is 0. The van der Waals surface area contributed by atoms with Crippen molar-refractivity contribution in [2.45, 2.75) is 19.9 Å². The second-order valence-electron chi connectivity index (χ2n) is 5.45. The maximum absolute atomic E-state index is 6.11. The van der Waals surface area contributed by atoms with Crippen LogP contribution in [0.1, 0.15) is 18.1 Å². The topological polar surface area (TPSA) is 3.24 Å². The molecule has 2 aromatic carbocycles. The molecule has 0 aliphatic carbocycles. The van der Waals surface area contributed by atoms with Gasteiger partial charge in [-0.25, -0.2) is 0 Å². The van der Waals surface area contributed by atoms with Crippen LogP contribution in [0.2, 0.25) is 5.02 Å². The second kappa shape index (κ2) is 5.26. The van der Waals surface area contributed by atoms with Gasteiger partial charge in [-0.15, -0.1) is 0 Å². The van der Waals surface area contributed by atoms with E-state index in [1.54, 1.807) is 0 Å². The van der Waals surface area contributed by atoms with Crippen LogP contribution < -0.4 is 4.90 Å². The maximum Gasteiger partial charge on any atom is 0.0429 e. The highest BCUT2D eigenvalue weighted by Gasteiger charge is 2.21. The Morgan fingerprint density at radius 3 is 2.74 bits per heavy atom. The fraction of sp³-hybridized carbons (Fsp3) is 0.294. The summed E-state index contributed by atoms with van der Waals surface area (Å²) in [7, 11) is 0. The van der Waals surface area contributed by atoms with Crippen molar-refractivity contribution in [1.29, 1.82) is 0 Å². The lowest BCUT2D eigenvalue weighted by Crippen LogP contribution is -2.33. The van der Waals surface area contributed by atoms with Crippen LogP contribution in [0, 0.1) is 5.92 Å². The summed E-state index contributed by atoms with van der Waals surface area (Å²) in [5.74, 6) is 0.676. The molecule has 0 fully saturated rings. The molecular formula is C17H18ClN. The van der Waals surface area contributed by atoms with E-state index in [0.717, 1.165) is 24.5 Å². The van der Waals surface area contributed by atoms with Crippen molar-refractivity contribution in [2.24, 2.45) is 5.92 Å². The minimum Gasteiger partial charge on any atom is -0.367 e. The van der Waals surface area contributed by atoms with Crippen molar-refractivity contribution in [2.75, 3.05) is 11.4 Å². The van der Waals surface area contributed by atoms with E-state index >= 15 is 0 Å². The molecule has 1 aliphatic heterocycles. The molecule has 0 spiro atoms. The number of fused-ring (bicyclic) bond motifs is 1. The molecule has 0 N–H and O–H groups in total. The molecule has 0 amide bonds. The van der Waals surface area contributed by atoms with Crippen LogP contribution in [0.3, 0.4) is 0 Å². The molecule has 98 valence electrons. The van der Waals surface area contributed by atoms with E-state index < -0.39 is 0 Å². The van der Waals surface area contributed by atoms with Crippen molar-refractivity contribution in [3.8, 4) is 0 Å². The van der Waals surface area contributed by atoms with E-state index in [2.05, 4.69) is 54.3 Å². The third kappa shape index (κ3) is 2.76. The number of benzene rings is 2. The minimum absolute atomic E-state index is 0.676. The van der Waals surface area contributed by atoms with Gasteiger partial charge < -0.3 is 4.90 Å². The molecular weight excluding hydrogens is 254 g/mol. The van der Waals surface area contributed by atoms with E-state index in [1.807, 2.05) is 6.07 Å². The van der Waals surface area contributed by atoms with Gasteiger partial charge in [0.15, 0.2) is 0 Å². The zero-order valence-electron chi connectivity index (χ0n) is 11.1. The Morgan fingerprint density at radius 2 is 1.95 bits per heavy atom. The van der Waals surface area contributed by atoms with Crippen LogP contribution in [0.5, 0.6) is 0 Å². The van der Waals surface area contributed by atoms with Crippen molar-refractivity contribution >= 4 is 17.3 Å². The van der Waals surface area contributed by atoms with E-state index in [9.17, 15) is 0 Å². The second-order valence-corrected chi connectivity index (χ2v) is 5.88. The van der Waals surface area contributed by atoms with E-state index in [0.29, 0.717) is 5.92 Å². The molecule has 1 unspecified atom stereocenters. The molecule has 0 bridgehead atoms. The van der Waals surface area contributed by atoms with Gasteiger partial charge >= 0.3 is 0 Å². The quantitative estimate of drug-likeness (QED) is 0.775. The SMILES string of the molecule is CC1Cc2cc(Cl)ccc2N(Cc2ccccc2)C1. The first-order valence-corrected chi connectivity index (χ1v) is 7.17. The van der Waals surface area contributed by atoms with E-state index in [1.165, 1.54) is 16.8 Å². The molecule has 2 heteroatoms. The zero-order valence-corrected chi connectivity index (χ0v) is 11.9. The van der Waals surface area contributed by atoms with Crippen molar-refractivity contribution < 1.29 is 0 Å². The summed E-state index contributed by atoms with van der Waals surface area (Å²) in [5.41, 5.74) is 4.08. The van der Waals surface area contributed by atoms with Crippen LogP contribution in [0.4, 0.5) is 5.69 Å². The lowest BCUT2D eigenvalue weighted by molar-refractivity contribution is 0.530. The Bertz CT molecular complexity index is 565. The Labute approximate surface area is 119 Å². The summed E-state index contributed by atoms with van der Waals surface area (Å²) in [4.78, 5) is 2.47. The van der Waals surface area contributed by atoms with E-state index in [4.69, 9.17) is 11.6 Å². The van der Waals surface area contributed by atoms with Crippen LogP contribution in [-0.2, 0) is 13.0 Å². The van der Waals surface area contributed by atoms with Gasteiger partial charge in [0.2, 0.25) is 0 Å². The molecule has 1 atom stereocenters. The standard InChI is InChI=1S/C17H18ClN/c1-13-9-15-10-16(18)7-8-17(15)19(11-13)12-14-5-3-2-4-6-14/h2-8,10,13H,9,11-12H2,1H3. The Hall–Kier alpha value is -1.47. The minimum atomic E-state index is 0.676. The summed E-state index contributed by atoms with van der Waals surface area (Å²) in [6, 6.07) is 16.9. The molecule has 1 aliphatic rings. The predicted molar refractivity (Wildman–Crippen MR) is 81.8 cm³/mol. The lowest BCUT2D eigenvalue weighted by Gasteiger charge is -2.35. The normalized spacial score (nSPS) is 18.2. The monoisotopic (exact) mass is 271 g/mol. The highest BCUT2D eigenvalue weighted by Crippen LogP contribution is 2.32. The molecule has 3 rings (SSSR count). The summed E-state index contributed by atoms with van der Waals surface area (Å²) in [6.07, 6.45) is 1.13. The van der Waals surface area contributed by atoms with Gasteiger partial charge in [0.1, 0.15) is 0 Å². The Kier molecular flexibility index (Phi) is 3.48. The van der Waals surface area contributed by atoms with Gasteiger partial charge in [-0.3, -0.25) is 0 Å². The molecule has 0 radical (unpaired) electrons. The van der Waals surface area contributed by atoms with Crippen LogP contribution in [0.15, 0.2) is 48.5 Å². The zero-order chi connectivity index (χ0) is 13.2. The highest BCUT2D eigenvalue weighted by atomic mass is 35.5. The van der Waals surface area contributed by atoms with Crippen molar-refractivity contribution in [3.05, 3.63) is 64.7 Å². The summed E-state index contributed by atoms with van der Waals surface area (Å²) < 4.78 is 0. The maximum atomic E-state index is 6.11. The largest absolute Gasteiger partial charge is 0.367 e. The van der Waals surface area contributed by atoms with Crippen LogP contribution in [-0.4, -0.2) is 6.54 Å². The average molecular weight is 272 g/mol. The van der Waals surface area contributed by atoms with Gasteiger partial charge in [-0.05, 0) is 41.7 Å². The smallest absolute Gasteiger partial charge is 0.0429 e. The highest BCUT2D eigenvalue weighted by molar-refractivity contribution is 6.30. The van der Waals surface area contributed by atoms with Gasteiger partial charge in [0.05, 0.1) is 0 Å². The molecule has 1 heterocycles. The molecule has 0 aromatic heterocycles. The van der Waals surface area contributed by atoms with Crippen LogP contribution >= 0.6 is 11.6 Å². The Balaban J connectivity index is 1.91. The molecule has 0 saturated carbocycles. The van der Waals surface area contributed by atoms with Gasteiger partial charge in [0.25, 0.3) is 0 Å². The van der Waals surface area contributed by atoms with Crippen molar-refractivity contribution in [1.82, 2.24) is 0 Å². The fourth-order valence-electron chi connectivity index (χ4n) is 2.89. The first kappa shape index (κ1) is 12.6. The van der Waals surface area contributed by atoms with Gasteiger partial charge in [0, 0.05) is 23.8 Å². The summed E-state index contributed by atoms with van der Waals surface area (Å²) in [6.45, 7) is 4.39. The van der Waals surface area contributed by atoms with Gasteiger partial charge in [-0.1, -0.05) is 48.9 Å². The third-order valence-electron chi connectivity index (χ3n) is 3.70. The predicted octanol–water partition coefficient (Wildman–Crippen LogP) is 4.54. The van der Waals surface area contributed by atoms with Gasteiger partial charge in [-0.2, -0.15) is 0 Å². The average Bonchev–Trinajstić information content (AvgIpc) is 2.39. The van der Waals surface area contributed by atoms with Crippen LogP contribution in [0.25, 0.3) is 0 Å². The number of hydrogen-bond acceptors (Lipinski definition) is 1. The Morgan fingerprint density at radius 1 is 1.16 bits per heavy atom. The van der Waals surface area contributed by atoms with Crippen molar-refractivity contribution in [3.63, 3.8) is 0 Å².